The number of aromatic nitrogens is 1. The standard InChI is InChI=1S/C21H31F3N2O2/c1-5-15-13-26(4)12-10-16(15)8-9-18(27)20(2,3)14-28-19-17(21(22,23)24)7-6-11-25-19/h6-7,11,15-16H,5,8-10,12-14H2,1-4H3/t15-,16+/m0/s1. The van der Waals surface area contributed by atoms with Gasteiger partial charge in [-0.05, 0) is 64.3 Å². The van der Waals surface area contributed by atoms with E-state index in [0.29, 0.717) is 18.3 Å². The van der Waals surface area contributed by atoms with E-state index >= 15 is 0 Å². The minimum Gasteiger partial charge on any atom is -0.476 e. The summed E-state index contributed by atoms with van der Waals surface area (Å²) in [5.41, 5.74) is -1.79. The van der Waals surface area contributed by atoms with Crippen molar-refractivity contribution in [3.8, 4) is 5.88 Å². The second kappa shape index (κ2) is 9.25. The maximum atomic E-state index is 13.1. The second-order valence-electron chi connectivity index (χ2n) is 8.47. The summed E-state index contributed by atoms with van der Waals surface area (Å²) in [5.74, 6) is 0.659. The first kappa shape index (κ1) is 22.7. The summed E-state index contributed by atoms with van der Waals surface area (Å²) >= 11 is 0. The van der Waals surface area contributed by atoms with Crippen molar-refractivity contribution in [3.05, 3.63) is 23.9 Å². The zero-order valence-corrected chi connectivity index (χ0v) is 17.2. The number of pyridine rings is 1. The van der Waals surface area contributed by atoms with Crippen LogP contribution >= 0.6 is 0 Å². The molecule has 1 aromatic rings. The molecule has 0 spiro atoms. The number of nitrogens with zero attached hydrogens (tertiary/aromatic N) is 2. The Labute approximate surface area is 165 Å². The lowest BCUT2D eigenvalue weighted by atomic mass is 9.78. The van der Waals surface area contributed by atoms with Crippen molar-refractivity contribution in [2.45, 2.75) is 52.6 Å². The molecule has 1 aliphatic rings. The van der Waals surface area contributed by atoms with E-state index in [1.165, 1.54) is 12.3 Å². The number of carbonyl (C=O) groups is 1. The van der Waals surface area contributed by atoms with Crippen molar-refractivity contribution in [1.82, 2.24) is 9.88 Å². The Balaban J connectivity index is 1.93. The molecule has 0 amide bonds. The summed E-state index contributed by atoms with van der Waals surface area (Å²) in [5, 5.41) is 0. The highest BCUT2D eigenvalue weighted by atomic mass is 19.4. The van der Waals surface area contributed by atoms with Gasteiger partial charge in [0, 0.05) is 19.2 Å². The predicted octanol–water partition coefficient (Wildman–Crippen LogP) is 4.83. The van der Waals surface area contributed by atoms with Gasteiger partial charge in [-0.1, -0.05) is 13.3 Å². The van der Waals surface area contributed by atoms with Crippen LogP contribution in [0.25, 0.3) is 0 Å². The first-order valence-corrected chi connectivity index (χ1v) is 9.91. The summed E-state index contributed by atoms with van der Waals surface area (Å²) in [6.45, 7) is 7.59. The lowest BCUT2D eigenvalue weighted by molar-refractivity contribution is -0.139. The number of carbonyl (C=O) groups excluding carboxylic acids is 1. The van der Waals surface area contributed by atoms with Crippen LogP contribution in [0.2, 0.25) is 0 Å². The fourth-order valence-corrected chi connectivity index (χ4v) is 3.81. The van der Waals surface area contributed by atoms with Crippen LogP contribution in [0, 0.1) is 17.3 Å². The minimum atomic E-state index is -4.54. The van der Waals surface area contributed by atoms with Gasteiger partial charge in [-0.25, -0.2) is 4.98 Å². The number of alkyl halides is 3. The van der Waals surface area contributed by atoms with Crippen LogP contribution in [0.3, 0.4) is 0 Å². The average Bonchev–Trinajstić information content (AvgIpc) is 2.64. The van der Waals surface area contributed by atoms with E-state index in [4.69, 9.17) is 4.74 Å². The third kappa shape index (κ3) is 5.93. The van der Waals surface area contributed by atoms with Crippen molar-refractivity contribution in [3.63, 3.8) is 0 Å². The van der Waals surface area contributed by atoms with Crippen LogP contribution in [0.15, 0.2) is 18.3 Å². The third-order valence-corrected chi connectivity index (χ3v) is 5.76. The fraction of sp³-hybridized carbons (Fsp3) is 0.714. The molecule has 7 heteroatoms. The number of likely N-dealkylation sites (tertiary alicyclic amines) is 1. The number of hydrogen-bond donors (Lipinski definition) is 0. The fourth-order valence-electron chi connectivity index (χ4n) is 3.81. The molecule has 2 rings (SSSR count). The molecule has 0 radical (unpaired) electrons. The molecule has 1 aliphatic heterocycles. The number of Topliss-reactive ketones (excluding diaryl/α,β-unsaturated/α-hetero) is 1. The minimum absolute atomic E-state index is 0.0192. The van der Waals surface area contributed by atoms with Crippen molar-refractivity contribution in [1.29, 1.82) is 0 Å². The second-order valence-corrected chi connectivity index (χ2v) is 8.47. The molecule has 28 heavy (non-hydrogen) atoms. The van der Waals surface area contributed by atoms with E-state index in [1.54, 1.807) is 13.8 Å². The Morgan fingerprint density at radius 1 is 1.32 bits per heavy atom. The summed E-state index contributed by atoms with van der Waals surface area (Å²) in [7, 11) is 2.12. The first-order valence-electron chi connectivity index (χ1n) is 9.91. The molecule has 0 aliphatic carbocycles. The highest BCUT2D eigenvalue weighted by molar-refractivity contribution is 5.84. The zero-order valence-electron chi connectivity index (χ0n) is 17.2. The van der Waals surface area contributed by atoms with Crippen molar-refractivity contribution < 1.29 is 22.7 Å². The van der Waals surface area contributed by atoms with Gasteiger partial charge in [-0.15, -0.1) is 0 Å². The Bertz CT molecular complexity index is 661. The maximum absolute atomic E-state index is 13.1. The molecule has 1 fully saturated rings. The molecule has 0 N–H and O–H groups in total. The number of ether oxygens (including phenoxy) is 1. The van der Waals surface area contributed by atoms with Gasteiger partial charge in [0.2, 0.25) is 5.88 Å². The monoisotopic (exact) mass is 400 g/mol. The summed E-state index contributed by atoms with van der Waals surface area (Å²) < 4.78 is 44.5. The highest BCUT2D eigenvalue weighted by Crippen LogP contribution is 2.36. The van der Waals surface area contributed by atoms with Gasteiger partial charge in [0.15, 0.2) is 0 Å². The van der Waals surface area contributed by atoms with Crippen molar-refractivity contribution in [2.75, 3.05) is 26.7 Å². The maximum Gasteiger partial charge on any atom is 0.421 e. The van der Waals surface area contributed by atoms with Gasteiger partial charge >= 0.3 is 6.18 Å². The summed E-state index contributed by atoms with van der Waals surface area (Å²) in [4.78, 5) is 18.8. The number of halogens is 3. The van der Waals surface area contributed by atoms with E-state index < -0.39 is 23.0 Å². The van der Waals surface area contributed by atoms with E-state index in [2.05, 4.69) is 23.9 Å². The number of ketones is 1. The topological polar surface area (TPSA) is 42.4 Å². The van der Waals surface area contributed by atoms with Crippen LogP contribution in [0.1, 0.15) is 52.0 Å². The largest absolute Gasteiger partial charge is 0.476 e. The molecule has 4 nitrogen and oxygen atoms in total. The van der Waals surface area contributed by atoms with Crippen LogP contribution in [0.4, 0.5) is 13.2 Å². The van der Waals surface area contributed by atoms with Crippen LogP contribution in [-0.4, -0.2) is 42.4 Å². The zero-order chi connectivity index (χ0) is 20.9. The summed E-state index contributed by atoms with van der Waals surface area (Å²) in [6, 6.07) is 2.15. The van der Waals surface area contributed by atoms with Gasteiger partial charge < -0.3 is 9.64 Å². The quantitative estimate of drug-likeness (QED) is 0.627. The molecule has 0 bridgehead atoms. The smallest absolute Gasteiger partial charge is 0.421 e. The van der Waals surface area contributed by atoms with E-state index in [0.717, 1.165) is 38.4 Å². The van der Waals surface area contributed by atoms with Crippen LogP contribution < -0.4 is 4.74 Å². The van der Waals surface area contributed by atoms with E-state index in [-0.39, 0.29) is 12.4 Å². The summed E-state index contributed by atoms with van der Waals surface area (Å²) in [6.07, 6.45) is 0.144. The Kier molecular flexibility index (Phi) is 7.48. The van der Waals surface area contributed by atoms with Crippen molar-refractivity contribution >= 4 is 5.78 Å². The molecule has 1 aromatic heterocycles. The number of hydrogen-bond acceptors (Lipinski definition) is 4. The van der Waals surface area contributed by atoms with Gasteiger partial charge in [0.05, 0.1) is 5.41 Å². The molecule has 0 aromatic carbocycles. The third-order valence-electron chi connectivity index (χ3n) is 5.76. The molecule has 0 unspecified atom stereocenters. The average molecular weight is 400 g/mol. The van der Waals surface area contributed by atoms with Crippen LogP contribution in [0.5, 0.6) is 5.88 Å². The number of rotatable bonds is 8. The molecule has 158 valence electrons. The van der Waals surface area contributed by atoms with E-state index in [1.807, 2.05) is 0 Å². The van der Waals surface area contributed by atoms with Gasteiger partial charge in [0.25, 0.3) is 0 Å². The van der Waals surface area contributed by atoms with Gasteiger partial charge in [-0.3, -0.25) is 4.79 Å². The van der Waals surface area contributed by atoms with Gasteiger partial charge in [0.1, 0.15) is 18.0 Å². The predicted molar refractivity (Wildman–Crippen MR) is 102 cm³/mol. The highest BCUT2D eigenvalue weighted by Gasteiger charge is 2.36. The molecule has 1 saturated heterocycles. The molecule has 2 atom stereocenters. The lowest BCUT2D eigenvalue weighted by Crippen LogP contribution is -2.38. The Morgan fingerprint density at radius 3 is 2.68 bits per heavy atom. The van der Waals surface area contributed by atoms with E-state index in [9.17, 15) is 18.0 Å². The number of piperidine rings is 1. The molecule has 2 heterocycles. The Morgan fingerprint density at radius 2 is 2.04 bits per heavy atom. The molecule has 0 saturated carbocycles. The Hall–Kier alpha value is -1.63. The van der Waals surface area contributed by atoms with Crippen molar-refractivity contribution in [2.24, 2.45) is 17.3 Å². The van der Waals surface area contributed by atoms with Gasteiger partial charge in [-0.2, -0.15) is 13.2 Å². The normalized spacial score (nSPS) is 21.5. The molecular weight excluding hydrogens is 369 g/mol. The molecular formula is C21H31F3N2O2. The SMILES string of the molecule is CC[C@H]1CN(C)CC[C@H]1CCC(=O)C(C)(C)COc1ncccc1C(F)(F)F. The first-order chi connectivity index (χ1) is 13.0. The van der Waals surface area contributed by atoms with Crippen LogP contribution in [-0.2, 0) is 11.0 Å². The lowest BCUT2D eigenvalue weighted by Gasteiger charge is -2.36.